The fourth-order valence-electron chi connectivity index (χ4n) is 3.64. The van der Waals surface area contributed by atoms with Crippen LogP contribution in [0.4, 0.5) is 0 Å². The molecule has 0 bridgehead atoms. The van der Waals surface area contributed by atoms with Crippen molar-refractivity contribution in [3.8, 4) is 11.4 Å². The van der Waals surface area contributed by atoms with Crippen molar-refractivity contribution in [1.29, 1.82) is 0 Å². The molecule has 0 aliphatic heterocycles. The Hall–Kier alpha value is -1.78. The minimum atomic E-state index is 1.02. The van der Waals surface area contributed by atoms with Crippen LogP contribution in [0.15, 0.2) is 57.5 Å². The minimum absolute atomic E-state index is 1.02. The maximum Gasteiger partial charge on any atom is 0.0928 e. The summed E-state index contributed by atoms with van der Waals surface area (Å²) in [7, 11) is 0. The van der Waals surface area contributed by atoms with Crippen LogP contribution in [-0.2, 0) is 12.8 Å². The van der Waals surface area contributed by atoms with Crippen molar-refractivity contribution in [2.45, 2.75) is 19.3 Å². The van der Waals surface area contributed by atoms with E-state index in [1.54, 1.807) is 0 Å². The van der Waals surface area contributed by atoms with Gasteiger partial charge in [-0.05, 0) is 78.9 Å². The summed E-state index contributed by atoms with van der Waals surface area (Å²) in [6.45, 7) is 0. The van der Waals surface area contributed by atoms with E-state index in [0.29, 0.717) is 0 Å². The lowest BCUT2D eigenvalue weighted by molar-refractivity contribution is 0.834. The summed E-state index contributed by atoms with van der Waals surface area (Å²) < 4.78 is 2.18. The standard InChI is InChI=1S/C21H14Br2N2/c22-16-4-6-18-14(10-16)8-12-2-1-3-13-9-15-11-17(23)5-7-19(15)25-21(13)20(12)24-18/h4-11H,1-3H2. The molecule has 0 atom stereocenters. The van der Waals surface area contributed by atoms with Gasteiger partial charge < -0.3 is 0 Å². The maximum atomic E-state index is 4.99. The highest BCUT2D eigenvalue weighted by Crippen LogP contribution is 2.34. The Morgan fingerprint density at radius 2 is 1.12 bits per heavy atom. The Balaban J connectivity index is 1.81. The average molecular weight is 454 g/mol. The third-order valence-corrected chi connectivity index (χ3v) is 5.81. The smallest absolute Gasteiger partial charge is 0.0928 e. The van der Waals surface area contributed by atoms with E-state index in [4.69, 9.17) is 9.97 Å². The molecule has 0 unspecified atom stereocenters. The van der Waals surface area contributed by atoms with E-state index in [9.17, 15) is 0 Å². The molecule has 4 heteroatoms. The second-order valence-electron chi connectivity index (χ2n) is 6.52. The third-order valence-electron chi connectivity index (χ3n) is 4.83. The van der Waals surface area contributed by atoms with Gasteiger partial charge in [0, 0.05) is 19.7 Å². The van der Waals surface area contributed by atoms with Gasteiger partial charge >= 0.3 is 0 Å². The maximum absolute atomic E-state index is 4.99. The minimum Gasteiger partial charge on any atom is -0.246 e. The molecule has 2 aromatic carbocycles. The number of aromatic nitrogens is 2. The largest absolute Gasteiger partial charge is 0.246 e. The molecule has 0 saturated carbocycles. The Morgan fingerprint density at radius 3 is 1.60 bits per heavy atom. The first-order valence-corrected chi connectivity index (χ1v) is 9.95. The van der Waals surface area contributed by atoms with Crippen LogP contribution in [0.3, 0.4) is 0 Å². The summed E-state index contributed by atoms with van der Waals surface area (Å²) in [5.41, 5.74) is 6.74. The van der Waals surface area contributed by atoms with Crippen molar-refractivity contribution < 1.29 is 0 Å². The molecule has 0 radical (unpaired) electrons. The van der Waals surface area contributed by atoms with Crippen LogP contribution in [0.2, 0.25) is 0 Å². The predicted octanol–water partition coefficient (Wildman–Crippen LogP) is 6.46. The second kappa shape index (κ2) is 5.89. The number of aryl methyl sites for hydroxylation is 2. The number of nitrogens with zero attached hydrogens (tertiary/aromatic N) is 2. The van der Waals surface area contributed by atoms with Crippen LogP contribution in [0, 0.1) is 0 Å². The highest BCUT2D eigenvalue weighted by molar-refractivity contribution is 9.10. The van der Waals surface area contributed by atoms with E-state index in [1.165, 1.54) is 21.9 Å². The molecular weight excluding hydrogens is 440 g/mol. The van der Waals surface area contributed by atoms with Crippen molar-refractivity contribution in [2.24, 2.45) is 0 Å². The number of halogens is 2. The van der Waals surface area contributed by atoms with Crippen LogP contribution < -0.4 is 0 Å². The highest BCUT2D eigenvalue weighted by atomic mass is 79.9. The first kappa shape index (κ1) is 15.5. The second-order valence-corrected chi connectivity index (χ2v) is 8.35. The number of fused-ring (bicyclic) bond motifs is 5. The van der Waals surface area contributed by atoms with Crippen LogP contribution in [0.5, 0.6) is 0 Å². The Bertz CT molecular complexity index is 1060. The SMILES string of the molecule is Brc1ccc2nc3c(cc2c1)CCCc1cc2cc(Br)ccc2nc1-3. The average Bonchev–Trinajstić information content (AvgIpc) is 2.76. The van der Waals surface area contributed by atoms with Crippen molar-refractivity contribution in [2.75, 3.05) is 0 Å². The Labute approximate surface area is 162 Å². The topological polar surface area (TPSA) is 25.8 Å². The van der Waals surface area contributed by atoms with Gasteiger partial charge in [-0.1, -0.05) is 31.9 Å². The molecule has 1 aliphatic carbocycles. The molecule has 2 heterocycles. The first-order chi connectivity index (χ1) is 12.2. The van der Waals surface area contributed by atoms with Crippen molar-refractivity contribution in [1.82, 2.24) is 9.97 Å². The summed E-state index contributed by atoms with van der Waals surface area (Å²) in [6, 6.07) is 17.1. The zero-order valence-corrected chi connectivity index (χ0v) is 16.6. The number of pyridine rings is 2. The van der Waals surface area contributed by atoms with Gasteiger partial charge in [-0.2, -0.15) is 0 Å². The molecule has 122 valence electrons. The van der Waals surface area contributed by atoms with Crippen LogP contribution in [0.1, 0.15) is 17.5 Å². The van der Waals surface area contributed by atoms with E-state index in [0.717, 1.165) is 50.6 Å². The zero-order valence-electron chi connectivity index (χ0n) is 13.4. The number of benzene rings is 2. The van der Waals surface area contributed by atoms with Gasteiger partial charge in [-0.15, -0.1) is 0 Å². The summed E-state index contributed by atoms with van der Waals surface area (Å²) in [5.74, 6) is 0. The fraction of sp³-hybridized carbons (Fsp3) is 0.143. The molecule has 0 N–H and O–H groups in total. The van der Waals surface area contributed by atoms with Crippen LogP contribution >= 0.6 is 31.9 Å². The van der Waals surface area contributed by atoms with Crippen molar-refractivity contribution >= 4 is 53.7 Å². The normalized spacial score (nSPS) is 13.5. The van der Waals surface area contributed by atoms with Gasteiger partial charge in [0.25, 0.3) is 0 Å². The van der Waals surface area contributed by atoms with Gasteiger partial charge in [0.05, 0.1) is 22.4 Å². The quantitative estimate of drug-likeness (QED) is 0.305. The number of hydrogen-bond donors (Lipinski definition) is 0. The van der Waals surface area contributed by atoms with E-state index in [2.05, 4.69) is 68.3 Å². The molecule has 25 heavy (non-hydrogen) atoms. The molecule has 0 saturated heterocycles. The van der Waals surface area contributed by atoms with Crippen molar-refractivity contribution in [3.63, 3.8) is 0 Å². The lowest BCUT2D eigenvalue weighted by Gasteiger charge is -2.11. The zero-order chi connectivity index (χ0) is 17.0. The predicted molar refractivity (Wildman–Crippen MR) is 110 cm³/mol. The van der Waals surface area contributed by atoms with E-state index in [-0.39, 0.29) is 0 Å². The fourth-order valence-corrected chi connectivity index (χ4v) is 4.40. The third kappa shape index (κ3) is 2.68. The van der Waals surface area contributed by atoms with Gasteiger partial charge in [0.1, 0.15) is 0 Å². The monoisotopic (exact) mass is 452 g/mol. The summed E-state index contributed by atoms with van der Waals surface area (Å²) in [6.07, 6.45) is 3.21. The van der Waals surface area contributed by atoms with E-state index >= 15 is 0 Å². The van der Waals surface area contributed by atoms with Gasteiger partial charge in [0.15, 0.2) is 0 Å². The number of hydrogen-bond acceptors (Lipinski definition) is 2. The van der Waals surface area contributed by atoms with Gasteiger partial charge in [-0.3, -0.25) is 0 Å². The molecule has 0 amide bonds. The van der Waals surface area contributed by atoms with Crippen LogP contribution in [-0.4, -0.2) is 9.97 Å². The molecule has 4 aromatic rings. The highest BCUT2D eigenvalue weighted by Gasteiger charge is 2.19. The summed E-state index contributed by atoms with van der Waals surface area (Å²) in [4.78, 5) is 9.98. The van der Waals surface area contributed by atoms with Gasteiger partial charge in [0.2, 0.25) is 0 Å². The van der Waals surface area contributed by atoms with Gasteiger partial charge in [-0.25, -0.2) is 9.97 Å². The summed E-state index contributed by atoms with van der Waals surface area (Å²) in [5, 5.41) is 2.36. The lowest BCUT2D eigenvalue weighted by Crippen LogP contribution is -1.97. The first-order valence-electron chi connectivity index (χ1n) is 8.36. The molecule has 0 spiro atoms. The molecular formula is C21H14Br2N2. The van der Waals surface area contributed by atoms with E-state index < -0.39 is 0 Å². The summed E-state index contributed by atoms with van der Waals surface area (Å²) >= 11 is 7.12. The molecule has 0 fully saturated rings. The Morgan fingerprint density at radius 1 is 0.640 bits per heavy atom. The molecule has 1 aliphatic rings. The lowest BCUT2D eigenvalue weighted by atomic mass is 10.0. The molecule has 2 nitrogen and oxygen atoms in total. The van der Waals surface area contributed by atoms with Crippen LogP contribution in [0.25, 0.3) is 33.2 Å². The number of rotatable bonds is 0. The van der Waals surface area contributed by atoms with E-state index in [1.807, 2.05) is 12.1 Å². The van der Waals surface area contributed by atoms with Crippen molar-refractivity contribution in [3.05, 3.63) is 68.6 Å². The molecule has 2 aromatic heterocycles. The Kier molecular flexibility index (Phi) is 3.64. The molecule has 5 rings (SSSR count).